The van der Waals surface area contributed by atoms with Gasteiger partial charge in [0, 0.05) is 119 Å². The lowest BCUT2D eigenvalue weighted by atomic mass is 9.76. The van der Waals surface area contributed by atoms with Crippen LogP contribution in [-0.2, 0) is 0 Å². The molecule has 0 atom stereocenters. The SMILES string of the molecule is O=[N+]([O-])c1cc2c(cc1[N+](=O)[O-])Oc1cc3c4cc1C(CCCO)c1cc5c(cc1O2)Oc1cc([N+](=O)[O-])c([N+](=O)[O-])cc1Oc1cc2c(cc1C5CCCO)C(CCCO)c1cc(c(cc1Oc1cc([N+](=O)[O-])c([N+](=O)[O-])cc1O2)Oc1cc([N+](=O)[O-])c([N+](=O)[O-])cc1O3)C4CCCO. The van der Waals surface area contributed by atoms with Crippen molar-refractivity contribution in [2.24, 2.45) is 0 Å². The maximum atomic E-state index is 12.8. The van der Waals surface area contributed by atoms with Crippen LogP contribution in [0.15, 0.2) is 97.1 Å². The van der Waals surface area contributed by atoms with Crippen LogP contribution in [0.4, 0.5) is 45.5 Å². The molecule has 0 radical (unpaired) electrons. The fourth-order valence-corrected chi connectivity index (χ4v) is 13.3. The van der Waals surface area contributed by atoms with E-state index < -0.39 is 181 Å². The Labute approximate surface area is 557 Å². The quantitative estimate of drug-likeness (QED) is 0.0407. The number of nitro benzene ring substituents is 8. The molecule has 0 aromatic heterocycles. The van der Waals surface area contributed by atoms with E-state index in [0.717, 1.165) is 0 Å². The van der Waals surface area contributed by atoms with Crippen molar-refractivity contribution in [1.82, 2.24) is 0 Å². The van der Waals surface area contributed by atoms with Crippen molar-refractivity contribution in [3.63, 3.8) is 0 Å². The fraction of sp³-hybridized carbons (Fsp3) is 0.250. The minimum atomic E-state index is -1.18. The molecule has 13 rings (SSSR count). The van der Waals surface area contributed by atoms with Gasteiger partial charge < -0.3 is 58.3 Å². The zero-order chi connectivity index (χ0) is 70.9. The van der Waals surface area contributed by atoms with Crippen molar-refractivity contribution in [3.8, 4) is 92.0 Å². The predicted molar refractivity (Wildman–Crippen MR) is 338 cm³/mol. The Morgan fingerprint density at radius 1 is 0.220 bits per heavy atom. The Kier molecular flexibility index (Phi) is 17.1. The van der Waals surface area contributed by atoms with Crippen LogP contribution >= 0.6 is 0 Å². The average Bonchev–Trinajstić information content (AvgIpc) is 1.52. The number of hydrogen-bond acceptors (Lipinski definition) is 28. The van der Waals surface area contributed by atoms with Crippen molar-refractivity contribution < 1.29 is 97.7 Å². The van der Waals surface area contributed by atoms with E-state index in [1.54, 1.807) is 24.3 Å². The Morgan fingerprint density at radius 2 is 0.350 bits per heavy atom. The van der Waals surface area contributed by atoms with E-state index in [0.29, 0.717) is 48.5 Å². The second-order valence-electron chi connectivity index (χ2n) is 23.4. The normalized spacial score (nSPS) is 16.0. The second kappa shape index (κ2) is 26.0. The monoisotopic (exact) mass is 1380 g/mol. The highest BCUT2D eigenvalue weighted by molar-refractivity contribution is 5.73. The molecule has 0 saturated heterocycles. The Morgan fingerprint density at radius 3 is 0.460 bits per heavy atom. The molecule has 0 saturated carbocycles. The largest absolute Gasteiger partial charge is 0.453 e. The van der Waals surface area contributed by atoms with Gasteiger partial charge in [0.2, 0.25) is 0 Å². The van der Waals surface area contributed by atoms with E-state index in [9.17, 15) is 101 Å². The van der Waals surface area contributed by atoms with Gasteiger partial charge in [-0.3, -0.25) is 80.9 Å². The third-order valence-corrected chi connectivity index (χ3v) is 17.7. The first-order valence-electron chi connectivity index (χ1n) is 30.4. The highest BCUT2D eigenvalue weighted by Crippen LogP contribution is 2.61. The number of nitrogens with zero attached hydrogens (tertiary/aromatic N) is 8. The van der Waals surface area contributed by atoms with Crippen molar-refractivity contribution in [2.75, 3.05) is 26.4 Å². The first kappa shape index (κ1) is 65.8. The molecule has 8 aromatic carbocycles. The van der Waals surface area contributed by atoms with E-state index in [1.807, 2.05) is 0 Å². The summed E-state index contributed by atoms with van der Waals surface area (Å²) in [5.74, 6) is -11.6. The third kappa shape index (κ3) is 11.7. The standard InChI is InChI=1S/C64H48N8O28/c73-9-1-5-29-33-13-35-30(6-2-10-74)37-15-39-32(8-4-12-76)40-16-38-31(7-3-11-75)36-14-34(29)50-26-52(36)96-60-20-44(68(83)84)46(70(87)88)22-62(60)98-54(38)28-56(40)100-64-24-48(72(91)92)47(71(89)90)23-63(64)99-55(39)27-53(37)97-61-21-45(69(85)86)43(67(81)82)19-59(61)95-51(35)25-49(33)93-57-17-41(65(77)78)42(66(79)80)18-58(57)94-50/h13-32,73-76H,1-12H2. The highest BCUT2D eigenvalue weighted by Gasteiger charge is 2.43. The molecule has 512 valence electrons. The van der Waals surface area contributed by atoms with Crippen molar-refractivity contribution >= 4 is 45.5 Å². The van der Waals surface area contributed by atoms with Crippen molar-refractivity contribution in [1.29, 1.82) is 0 Å². The van der Waals surface area contributed by atoms with Gasteiger partial charge in [0.05, 0.1) is 87.9 Å². The molecule has 0 fully saturated rings. The Hall–Kier alpha value is -12.8. The molecule has 8 aromatic rings. The summed E-state index contributed by atoms with van der Waals surface area (Å²) in [5.41, 5.74) is -7.99. The third-order valence-electron chi connectivity index (χ3n) is 17.7. The highest BCUT2D eigenvalue weighted by atomic mass is 16.7. The molecule has 0 amide bonds. The van der Waals surface area contributed by atoms with Gasteiger partial charge in [-0.05, 0) is 75.6 Å². The molecule has 0 unspecified atom stereocenters. The minimum absolute atomic E-state index is 0.0578. The summed E-state index contributed by atoms with van der Waals surface area (Å²) in [4.78, 5) is 94.2. The predicted octanol–water partition coefficient (Wildman–Crippen LogP) is 14.5. The van der Waals surface area contributed by atoms with E-state index >= 15 is 0 Å². The van der Waals surface area contributed by atoms with E-state index in [1.165, 1.54) is 24.3 Å². The van der Waals surface area contributed by atoms with Gasteiger partial charge in [0.15, 0.2) is 46.0 Å². The molecule has 4 aliphatic heterocycles. The molecule has 100 heavy (non-hydrogen) atoms. The molecule has 1 aliphatic carbocycles. The zero-order valence-electron chi connectivity index (χ0n) is 51.2. The smallest absolute Gasteiger partial charge is 0.350 e. The molecular weight excluding hydrogens is 1330 g/mol. The lowest BCUT2D eigenvalue weighted by molar-refractivity contribution is -0.422. The number of aliphatic hydroxyl groups is 4. The lowest BCUT2D eigenvalue weighted by Crippen LogP contribution is -2.14. The van der Waals surface area contributed by atoms with Crippen LogP contribution in [0.3, 0.4) is 0 Å². The summed E-state index contributed by atoms with van der Waals surface area (Å²) in [6.45, 7) is -1.99. The molecule has 5 aliphatic rings. The fourth-order valence-electron chi connectivity index (χ4n) is 13.3. The van der Waals surface area contributed by atoms with Gasteiger partial charge in [0.25, 0.3) is 0 Å². The van der Waals surface area contributed by atoms with Gasteiger partial charge in [-0.15, -0.1) is 0 Å². The van der Waals surface area contributed by atoms with Gasteiger partial charge in [-0.25, -0.2) is 0 Å². The van der Waals surface area contributed by atoms with Crippen LogP contribution in [0.5, 0.6) is 92.0 Å². The number of nitro groups is 8. The van der Waals surface area contributed by atoms with Gasteiger partial charge in [-0.2, -0.15) is 0 Å². The topological polar surface area (TPSA) is 500 Å². The molecular formula is C64H48N8O28. The summed E-state index contributed by atoms with van der Waals surface area (Å²) < 4.78 is 53.8. The summed E-state index contributed by atoms with van der Waals surface area (Å²) in [6.07, 6.45) is -0.630. The average molecular weight is 1380 g/mol. The number of rotatable bonds is 20. The number of hydrogen-bond donors (Lipinski definition) is 4. The first-order valence-corrected chi connectivity index (χ1v) is 30.4. The number of aliphatic hydroxyl groups excluding tert-OH is 4. The summed E-state index contributed by atoms with van der Waals surface area (Å²) in [7, 11) is 0. The number of ether oxygens (including phenoxy) is 8. The molecule has 0 spiro atoms. The van der Waals surface area contributed by atoms with Crippen LogP contribution in [0.25, 0.3) is 0 Å². The van der Waals surface area contributed by atoms with Crippen molar-refractivity contribution in [2.45, 2.75) is 75.0 Å². The number of benzene rings is 8. The van der Waals surface area contributed by atoms with E-state index in [-0.39, 0.29) is 142 Å². The van der Waals surface area contributed by atoms with Gasteiger partial charge in [0.1, 0.15) is 46.0 Å². The molecule has 4 N–H and O–H groups in total. The van der Waals surface area contributed by atoms with Gasteiger partial charge >= 0.3 is 45.5 Å². The molecule has 36 nitrogen and oxygen atoms in total. The Bertz CT molecular complexity index is 4040. The summed E-state index contributed by atoms with van der Waals surface area (Å²) in [5, 5.41) is 146. The van der Waals surface area contributed by atoms with Crippen molar-refractivity contribution in [3.05, 3.63) is 222 Å². The minimum Gasteiger partial charge on any atom is -0.453 e. The molecule has 4 heterocycles. The van der Waals surface area contributed by atoms with E-state index in [2.05, 4.69) is 0 Å². The number of fused-ring (bicyclic) bond motifs is 4. The molecule has 8 bridgehead atoms. The first-order chi connectivity index (χ1) is 48.0. The summed E-state index contributed by atoms with van der Waals surface area (Å²) >= 11 is 0. The second-order valence-corrected chi connectivity index (χ2v) is 23.4. The van der Waals surface area contributed by atoms with Crippen LogP contribution in [-0.4, -0.2) is 86.2 Å². The van der Waals surface area contributed by atoms with Crippen LogP contribution < -0.4 is 37.9 Å². The van der Waals surface area contributed by atoms with Crippen LogP contribution in [0.2, 0.25) is 0 Å². The maximum absolute atomic E-state index is 12.8. The zero-order valence-corrected chi connectivity index (χ0v) is 51.2. The van der Waals surface area contributed by atoms with Gasteiger partial charge in [-0.1, -0.05) is 0 Å². The maximum Gasteiger partial charge on any atom is 0.350 e. The van der Waals surface area contributed by atoms with E-state index in [4.69, 9.17) is 37.9 Å². The van der Waals surface area contributed by atoms with Crippen LogP contribution in [0.1, 0.15) is 120 Å². The summed E-state index contributed by atoms with van der Waals surface area (Å²) in [6, 6.07) is 16.8. The van der Waals surface area contributed by atoms with Crippen LogP contribution in [0, 0.1) is 80.9 Å². The lowest BCUT2D eigenvalue weighted by Gasteiger charge is -2.30. The Balaban J connectivity index is 1.28. The molecule has 36 heteroatoms.